The Morgan fingerprint density at radius 3 is 2.20 bits per heavy atom. The van der Waals surface area contributed by atoms with Crippen molar-refractivity contribution in [1.82, 2.24) is 10.2 Å². The van der Waals surface area contributed by atoms with Crippen LogP contribution in [0.1, 0.15) is 18.9 Å². The Kier molecular flexibility index (Phi) is 6.61. The Labute approximate surface area is 121 Å². The van der Waals surface area contributed by atoms with Crippen LogP contribution in [-0.2, 0) is 6.54 Å². The molecule has 0 aromatic heterocycles. The van der Waals surface area contributed by atoms with E-state index in [1.807, 2.05) is 12.1 Å². The van der Waals surface area contributed by atoms with E-state index in [-0.39, 0.29) is 5.75 Å². The van der Waals surface area contributed by atoms with Crippen molar-refractivity contribution in [2.45, 2.75) is 25.9 Å². The van der Waals surface area contributed by atoms with Crippen LogP contribution in [0.25, 0.3) is 0 Å². The minimum Gasteiger partial charge on any atom is -0.502 e. The van der Waals surface area contributed by atoms with Crippen LogP contribution in [0.5, 0.6) is 17.2 Å². The van der Waals surface area contributed by atoms with E-state index >= 15 is 0 Å². The van der Waals surface area contributed by atoms with Crippen molar-refractivity contribution < 1.29 is 14.6 Å². The van der Waals surface area contributed by atoms with Crippen LogP contribution in [0.15, 0.2) is 12.1 Å². The van der Waals surface area contributed by atoms with Crippen LogP contribution >= 0.6 is 0 Å². The quantitative estimate of drug-likeness (QED) is 0.762. The van der Waals surface area contributed by atoms with E-state index in [1.165, 1.54) is 14.2 Å². The summed E-state index contributed by atoms with van der Waals surface area (Å²) in [6, 6.07) is 4.07. The predicted octanol–water partition coefficient (Wildman–Crippen LogP) is 1.84. The first-order valence-corrected chi connectivity index (χ1v) is 6.80. The Morgan fingerprint density at radius 2 is 1.75 bits per heavy atom. The molecule has 5 heteroatoms. The van der Waals surface area contributed by atoms with Gasteiger partial charge in [0.05, 0.1) is 14.2 Å². The fourth-order valence-corrected chi connectivity index (χ4v) is 1.90. The van der Waals surface area contributed by atoms with Crippen molar-refractivity contribution in [3.8, 4) is 17.2 Å². The lowest BCUT2D eigenvalue weighted by Gasteiger charge is -2.17. The lowest BCUT2D eigenvalue weighted by molar-refractivity contribution is 0.338. The summed E-state index contributed by atoms with van der Waals surface area (Å²) in [7, 11) is 7.21. The van der Waals surface area contributed by atoms with Gasteiger partial charge < -0.3 is 24.8 Å². The number of nitrogens with one attached hydrogen (secondary N) is 1. The molecule has 20 heavy (non-hydrogen) atoms. The number of hydrogen-bond donors (Lipinski definition) is 2. The van der Waals surface area contributed by atoms with Gasteiger partial charge in [-0.15, -0.1) is 0 Å². The van der Waals surface area contributed by atoms with E-state index in [2.05, 4.69) is 31.2 Å². The molecule has 0 fully saturated rings. The number of phenols is 1. The molecule has 2 N–H and O–H groups in total. The summed E-state index contributed by atoms with van der Waals surface area (Å²) in [5.41, 5.74) is 1.02. The number of methoxy groups -OCH3 is 2. The average molecular weight is 282 g/mol. The molecule has 0 spiro atoms. The molecule has 0 aliphatic heterocycles. The van der Waals surface area contributed by atoms with Gasteiger partial charge in [0.1, 0.15) is 0 Å². The van der Waals surface area contributed by atoms with Crippen LogP contribution in [0.2, 0.25) is 0 Å². The number of rotatable bonds is 8. The number of hydrogen-bond acceptors (Lipinski definition) is 5. The fraction of sp³-hybridized carbons (Fsp3) is 0.600. The first kappa shape index (κ1) is 16.6. The van der Waals surface area contributed by atoms with E-state index in [4.69, 9.17) is 9.47 Å². The van der Waals surface area contributed by atoms with Gasteiger partial charge in [-0.1, -0.05) is 0 Å². The second-order valence-electron chi connectivity index (χ2n) is 5.22. The van der Waals surface area contributed by atoms with Crippen molar-refractivity contribution in [2.75, 3.05) is 34.9 Å². The average Bonchev–Trinajstić information content (AvgIpc) is 2.43. The van der Waals surface area contributed by atoms with Gasteiger partial charge in [-0.05, 0) is 51.7 Å². The van der Waals surface area contributed by atoms with Gasteiger partial charge in [-0.3, -0.25) is 0 Å². The van der Waals surface area contributed by atoms with Crippen LogP contribution in [0, 0.1) is 0 Å². The molecule has 1 rings (SSSR count). The van der Waals surface area contributed by atoms with Crippen molar-refractivity contribution in [3.05, 3.63) is 17.7 Å². The van der Waals surface area contributed by atoms with Crippen molar-refractivity contribution >= 4 is 0 Å². The Balaban J connectivity index is 2.63. The van der Waals surface area contributed by atoms with Crippen LogP contribution in [0.4, 0.5) is 0 Å². The van der Waals surface area contributed by atoms with Crippen LogP contribution < -0.4 is 14.8 Å². The van der Waals surface area contributed by atoms with E-state index in [1.54, 1.807) is 0 Å². The number of nitrogens with zero attached hydrogens (tertiary/aromatic N) is 1. The predicted molar refractivity (Wildman–Crippen MR) is 80.7 cm³/mol. The summed E-state index contributed by atoms with van der Waals surface area (Å²) in [6.45, 7) is 3.93. The smallest absolute Gasteiger partial charge is 0.200 e. The van der Waals surface area contributed by atoms with Crippen molar-refractivity contribution in [3.63, 3.8) is 0 Å². The van der Waals surface area contributed by atoms with Gasteiger partial charge in [0.25, 0.3) is 0 Å². The zero-order valence-electron chi connectivity index (χ0n) is 13.1. The highest BCUT2D eigenvalue weighted by Crippen LogP contribution is 2.37. The van der Waals surface area contributed by atoms with Gasteiger partial charge in [0.2, 0.25) is 5.75 Å². The highest BCUT2D eigenvalue weighted by atomic mass is 16.5. The third-order valence-corrected chi connectivity index (χ3v) is 3.20. The third-order valence-electron chi connectivity index (χ3n) is 3.20. The molecule has 0 saturated heterocycles. The van der Waals surface area contributed by atoms with Gasteiger partial charge >= 0.3 is 0 Å². The van der Waals surface area contributed by atoms with Gasteiger partial charge in [-0.2, -0.15) is 0 Å². The summed E-state index contributed by atoms with van der Waals surface area (Å²) in [5, 5.41) is 13.3. The summed E-state index contributed by atoms with van der Waals surface area (Å²) in [5.74, 6) is 0.906. The molecule has 1 atom stereocenters. The monoisotopic (exact) mass is 282 g/mol. The Morgan fingerprint density at radius 1 is 1.20 bits per heavy atom. The second kappa shape index (κ2) is 7.97. The number of ether oxygens (including phenoxy) is 2. The first-order chi connectivity index (χ1) is 9.47. The lowest BCUT2D eigenvalue weighted by atomic mass is 10.1. The molecule has 0 amide bonds. The topological polar surface area (TPSA) is 54.0 Å². The molecular formula is C15H26N2O3. The zero-order chi connectivity index (χ0) is 15.1. The maximum atomic E-state index is 9.86. The summed E-state index contributed by atoms with van der Waals surface area (Å²) >= 11 is 0. The maximum Gasteiger partial charge on any atom is 0.200 e. The maximum absolute atomic E-state index is 9.86. The van der Waals surface area contributed by atoms with E-state index in [0.29, 0.717) is 24.1 Å². The minimum atomic E-state index is 0.0411. The van der Waals surface area contributed by atoms with Gasteiger partial charge in [0, 0.05) is 12.6 Å². The number of benzene rings is 1. The summed E-state index contributed by atoms with van der Waals surface area (Å²) < 4.78 is 10.3. The Hall–Kier alpha value is -1.46. The number of phenolic OH excluding ortho intramolecular Hbond substituents is 1. The highest BCUT2D eigenvalue weighted by molar-refractivity contribution is 5.52. The largest absolute Gasteiger partial charge is 0.502 e. The van der Waals surface area contributed by atoms with E-state index in [0.717, 1.165) is 18.5 Å². The molecule has 1 aromatic carbocycles. The molecule has 0 heterocycles. The molecule has 0 radical (unpaired) electrons. The summed E-state index contributed by atoms with van der Waals surface area (Å²) in [4.78, 5) is 2.17. The standard InChI is InChI=1S/C15H26N2O3/c1-11(6-7-17(2)3)16-10-12-8-13(19-4)15(18)14(9-12)20-5/h8-9,11,16,18H,6-7,10H2,1-5H3. The lowest BCUT2D eigenvalue weighted by Crippen LogP contribution is -2.29. The SMILES string of the molecule is COc1cc(CNC(C)CCN(C)C)cc(OC)c1O. The fourth-order valence-electron chi connectivity index (χ4n) is 1.90. The van der Waals surface area contributed by atoms with Crippen molar-refractivity contribution in [1.29, 1.82) is 0 Å². The molecule has 0 saturated carbocycles. The van der Waals surface area contributed by atoms with E-state index < -0.39 is 0 Å². The highest BCUT2D eigenvalue weighted by Gasteiger charge is 2.11. The van der Waals surface area contributed by atoms with Crippen LogP contribution in [0.3, 0.4) is 0 Å². The van der Waals surface area contributed by atoms with Crippen LogP contribution in [-0.4, -0.2) is 50.9 Å². The normalized spacial score (nSPS) is 12.5. The van der Waals surface area contributed by atoms with Gasteiger partial charge in [-0.25, -0.2) is 0 Å². The number of aromatic hydroxyl groups is 1. The summed E-state index contributed by atoms with van der Waals surface area (Å²) in [6.07, 6.45) is 1.08. The minimum absolute atomic E-state index is 0.0411. The molecule has 1 aromatic rings. The molecule has 0 aliphatic rings. The second-order valence-corrected chi connectivity index (χ2v) is 5.22. The molecule has 0 bridgehead atoms. The zero-order valence-corrected chi connectivity index (χ0v) is 13.1. The Bertz CT molecular complexity index is 397. The third kappa shape index (κ3) is 4.90. The molecule has 114 valence electrons. The first-order valence-electron chi connectivity index (χ1n) is 6.80. The van der Waals surface area contributed by atoms with E-state index in [9.17, 15) is 5.11 Å². The molecule has 1 unspecified atom stereocenters. The molecular weight excluding hydrogens is 256 g/mol. The van der Waals surface area contributed by atoms with Gasteiger partial charge in [0.15, 0.2) is 11.5 Å². The molecule has 5 nitrogen and oxygen atoms in total. The van der Waals surface area contributed by atoms with Crippen molar-refractivity contribution in [2.24, 2.45) is 0 Å². The molecule has 0 aliphatic carbocycles.